The Balaban J connectivity index is 2.47. The van der Waals surface area contributed by atoms with Crippen LogP contribution >= 0.6 is 0 Å². The van der Waals surface area contributed by atoms with E-state index in [0.717, 1.165) is 6.07 Å². The Kier molecular flexibility index (Phi) is 2.40. The third kappa shape index (κ3) is 2.01. The summed E-state index contributed by atoms with van der Waals surface area (Å²) in [5, 5.41) is 0. The maximum Gasteiger partial charge on any atom is 0.416 e. The van der Waals surface area contributed by atoms with Gasteiger partial charge < -0.3 is 4.74 Å². The van der Waals surface area contributed by atoms with Crippen molar-refractivity contribution >= 4 is 0 Å². The molecule has 1 aromatic carbocycles. The fourth-order valence-electron chi connectivity index (χ4n) is 1.78. The van der Waals surface area contributed by atoms with E-state index in [0.29, 0.717) is 12.2 Å². The molecule has 1 aliphatic rings. The molecular formula is C12H12F3O. The molecule has 1 aliphatic heterocycles. The summed E-state index contributed by atoms with van der Waals surface area (Å²) < 4.78 is 43.6. The second-order valence-electron chi connectivity index (χ2n) is 4.49. The molecule has 16 heavy (non-hydrogen) atoms. The Morgan fingerprint density at radius 3 is 2.56 bits per heavy atom. The number of hydrogen-bond acceptors (Lipinski definition) is 1. The van der Waals surface area contributed by atoms with Gasteiger partial charge in [0.2, 0.25) is 0 Å². The lowest BCUT2D eigenvalue weighted by Crippen LogP contribution is -2.32. The van der Waals surface area contributed by atoms with Gasteiger partial charge in [0.25, 0.3) is 0 Å². The summed E-state index contributed by atoms with van der Waals surface area (Å²) >= 11 is 0. The molecule has 0 fully saturated rings. The molecule has 87 valence electrons. The van der Waals surface area contributed by atoms with Gasteiger partial charge in [-0.3, -0.25) is 0 Å². The van der Waals surface area contributed by atoms with Gasteiger partial charge in [0.15, 0.2) is 0 Å². The highest BCUT2D eigenvalue weighted by molar-refractivity contribution is 5.48. The van der Waals surface area contributed by atoms with Gasteiger partial charge in [0.05, 0.1) is 5.56 Å². The van der Waals surface area contributed by atoms with Crippen LogP contribution in [0.5, 0.6) is 5.75 Å². The van der Waals surface area contributed by atoms with Crippen molar-refractivity contribution in [3.8, 4) is 5.75 Å². The minimum atomic E-state index is -4.33. The molecule has 0 saturated carbocycles. The maximum atomic E-state index is 12.7. The zero-order valence-corrected chi connectivity index (χ0v) is 9.06. The first kappa shape index (κ1) is 11.3. The van der Waals surface area contributed by atoms with Crippen molar-refractivity contribution in [2.45, 2.75) is 32.0 Å². The second kappa shape index (κ2) is 3.40. The zero-order valence-electron chi connectivity index (χ0n) is 9.06. The first-order valence-corrected chi connectivity index (χ1v) is 5.02. The third-order valence-corrected chi connectivity index (χ3v) is 2.56. The number of ether oxygens (including phenoxy) is 1. The predicted molar refractivity (Wildman–Crippen MR) is 54.2 cm³/mol. The smallest absolute Gasteiger partial charge is 0.416 e. The van der Waals surface area contributed by atoms with Gasteiger partial charge in [-0.25, -0.2) is 0 Å². The second-order valence-corrected chi connectivity index (χ2v) is 4.49. The van der Waals surface area contributed by atoms with Gasteiger partial charge in [0.1, 0.15) is 11.4 Å². The van der Waals surface area contributed by atoms with Crippen molar-refractivity contribution in [3.63, 3.8) is 0 Å². The van der Waals surface area contributed by atoms with Gasteiger partial charge in [0, 0.05) is 5.56 Å². The molecule has 0 aromatic heterocycles. The number of halogens is 3. The van der Waals surface area contributed by atoms with E-state index < -0.39 is 17.3 Å². The minimum absolute atomic E-state index is 0.161. The fourth-order valence-corrected chi connectivity index (χ4v) is 1.78. The molecule has 0 amide bonds. The fraction of sp³-hybridized carbons (Fsp3) is 0.417. The van der Waals surface area contributed by atoms with E-state index in [1.807, 2.05) is 13.8 Å². The van der Waals surface area contributed by atoms with Crippen molar-refractivity contribution < 1.29 is 17.9 Å². The van der Waals surface area contributed by atoms with E-state index in [1.54, 1.807) is 12.5 Å². The average molecular weight is 229 g/mol. The summed E-state index contributed by atoms with van der Waals surface area (Å²) in [7, 11) is 0. The van der Waals surface area contributed by atoms with Crippen LogP contribution < -0.4 is 4.74 Å². The number of benzene rings is 1. The first-order valence-electron chi connectivity index (χ1n) is 5.02. The van der Waals surface area contributed by atoms with E-state index in [1.165, 1.54) is 6.07 Å². The number of hydrogen-bond donors (Lipinski definition) is 0. The molecular weight excluding hydrogens is 217 g/mol. The summed E-state index contributed by atoms with van der Waals surface area (Å²) in [6.45, 7) is 3.71. The molecule has 4 heteroatoms. The average Bonchev–Trinajstić information content (AvgIpc) is 2.13. The minimum Gasteiger partial charge on any atom is -0.488 e. The number of alkyl halides is 3. The number of fused-ring (bicyclic) bond motifs is 1. The van der Waals surface area contributed by atoms with E-state index in [9.17, 15) is 13.2 Å². The molecule has 0 spiro atoms. The largest absolute Gasteiger partial charge is 0.488 e. The topological polar surface area (TPSA) is 9.23 Å². The van der Waals surface area contributed by atoms with Crippen molar-refractivity contribution in [1.29, 1.82) is 0 Å². The molecule has 0 saturated heterocycles. The van der Waals surface area contributed by atoms with E-state index in [-0.39, 0.29) is 5.56 Å². The van der Waals surface area contributed by atoms with E-state index in [2.05, 4.69) is 0 Å². The van der Waals surface area contributed by atoms with E-state index in [4.69, 9.17) is 4.74 Å². The van der Waals surface area contributed by atoms with Crippen LogP contribution in [0.2, 0.25) is 0 Å². The lowest BCUT2D eigenvalue weighted by molar-refractivity contribution is -0.138. The zero-order chi connectivity index (χ0) is 12.0. The normalized spacial score (nSPS) is 18.8. The van der Waals surface area contributed by atoms with Crippen molar-refractivity contribution in [2.75, 3.05) is 0 Å². The monoisotopic (exact) mass is 229 g/mol. The Morgan fingerprint density at radius 2 is 1.94 bits per heavy atom. The van der Waals surface area contributed by atoms with Crippen LogP contribution in [0.4, 0.5) is 13.2 Å². The van der Waals surface area contributed by atoms with Crippen LogP contribution in [0.3, 0.4) is 0 Å². The van der Waals surface area contributed by atoms with Crippen molar-refractivity contribution in [3.05, 3.63) is 35.7 Å². The highest BCUT2D eigenvalue weighted by Gasteiger charge is 2.37. The van der Waals surface area contributed by atoms with Gasteiger partial charge in [-0.15, -0.1) is 0 Å². The molecule has 0 unspecified atom stereocenters. The molecule has 2 rings (SSSR count). The van der Waals surface area contributed by atoms with Crippen LogP contribution in [-0.2, 0) is 6.18 Å². The first-order chi connectivity index (χ1) is 7.30. The molecule has 1 heterocycles. The van der Waals surface area contributed by atoms with Crippen LogP contribution in [-0.4, -0.2) is 5.60 Å². The SMILES string of the molecule is CC1(C)C[CH]c2c(cccc2C(F)(F)F)O1. The van der Waals surface area contributed by atoms with Gasteiger partial charge in [-0.2, -0.15) is 13.2 Å². The van der Waals surface area contributed by atoms with Crippen LogP contribution in [0, 0.1) is 6.42 Å². The molecule has 0 aliphatic carbocycles. The summed E-state index contributed by atoms with van der Waals surface area (Å²) in [5.74, 6) is 0.311. The molecule has 1 aromatic rings. The summed E-state index contributed by atoms with van der Waals surface area (Å²) in [4.78, 5) is 0. The van der Waals surface area contributed by atoms with Crippen molar-refractivity contribution in [2.24, 2.45) is 0 Å². The molecule has 0 bridgehead atoms. The molecule has 1 radical (unpaired) electrons. The van der Waals surface area contributed by atoms with Gasteiger partial charge in [-0.1, -0.05) is 6.07 Å². The third-order valence-electron chi connectivity index (χ3n) is 2.56. The van der Waals surface area contributed by atoms with E-state index >= 15 is 0 Å². The summed E-state index contributed by atoms with van der Waals surface area (Å²) in [6, 6.07) is 4.02. The highest BCUT2D eigenvalue weighted by atomic mass is 19.4. The highest BCUT2D eigenvalue weighted by Crippen LogP contribution is 2.41. The summed E-state index contributed by atoms with van der Waals surface area (Å²) in [6.07, 6.45) is -2.25. The molecule has 0 N–H and O–H groups in total. The predicted octanol–water partition coefficient (Wildman–Crippen LogP) is 3.82. The van der Waals surface area contributed by atoms with Crippen LogP contribution in [0.15, 0.2) is 18.2 Å². The van der Waals surface area contributed by atoms with Gasteiger partial charge in [-0.05, 0) is 38.8 Å². The van der Waals surface area contributed by atoms with Gasteiger partial charge >= 0.3 is 6.18 Å². The lowest BCUT2D eigenvalue weighted by Gasteiger charge is -2.33. The van der Waals surface area contributed by atoms with Crippen LogP contribution in [0.1, 0.15) is 31.4 Å². The van der Waals surface area contributed by atoms with Crippen LogP contribution in [0.25, 0.3) is 0 Å². The quantitative estimate of drug-likeness (QED) is 0.657. The summed E-state index contributed by atoms with van der Waals surface area (Å²) in [5.41, 5.74) is -0.896. The Labute approximate surface area is 92.2 Å². The standard InChI is InChI=1S/C12H12F3O/c1-11(2)7-6-8-9(12(13,14)15)4-3-5-10(8)16-11/h3-6H,7H2,1-2H3. The number of rotatable bonds is 0. The van der Waals surface area contributed by atoms with Crippen molar-refractivity contribution in [1.82, 2.24) is 0 Å². The Bertz CT molecular complexity index is 407. The lowest BCUT2D eigenvalue weighted by atomic mass is 9.91. The molecule has 1 nitrogen and oxygen atoms in total. The molecule has 0 atom stereocenters. The Hall–Kier alpha value is -1.19. The Morgan fingerprint density at radius 1 is 1.25 bits per heavy atom. The maximum absolute atomic E-state index is 12.7.